The largest absolute Gasteiger partial charge is 0.481 e. The molecule has 0 N–H and O–H groups in total. The maximum Gasteiger partial charge on any atom is 0.328 e. The van der Waals surface area contributed by atoms with Crippen molar-refractivity contribution >= 4 is 17.3 Å². The molecule has 0 saturated carbocycles. The van der Waals surface area contributed by atoms with Crippen molar-refractivity contribution in [2.24, 2.45) is 10.2 Å². The Kier molecular flexibility index (Phi) is 6.17. The molecule has 2 aromatic carbocycles. The fraction of sp³-hybridized carbons (Fsp3) is 0.158. The third-order valence-electron chi connectivity index (χ3n) is 3.50. The second-order valence-electron chi connectivity index (χ2n) is 5.32. The van der Waals surface area contributed by atoms with E-state index in [4.69, 9.17) is 25.8 Å². The molecule has 0 amide bonds. The van der Waals surface area contributed by atoms with Crippen LogP contribution in [0, 0.1) is 0 Å². The second kappa shape index (κ2) is 8.95. The summed E-state index contributed by atoms with van der Waals surface area (Å²) in [6.07, 6.45) is 0. The first-order chi connectivity index (χ1) is 13.2. The van der Waals surface area contributed by atoms with Gasteiger partial charge in [0.2, 0.25) is 11.8 Å². The molecule has 138 valence electrons. The van der Waals surface area contributed by atoms with Gasteiger partial charge in [-0.05, 0) is 30.3 Å². The van der Waals surface area contributed by atoms with Gasteiger partial charge < -0.3 is 14.2 Å². The molecule has 7 nitrogen and oxygen atoms in total. The summed E-state index contributed by atoms with van der Waals surface area (Å²) in [5.74, 6) is 1.26. The Hall–Kier alpha value is -3.19. The zero-order valence-electron chi connectivity index (χ0n) is 14.8. The van der Waals surface area contributed by atoms with E-state index in [0.717, 1.165) is 11.3 Å². The first kappa shape index (κ1) is 18.6. The molecule has 0 aliphatic rings. The third-order valence-corrected chi connectivity index (χ3v) is 3.76. The summed E-state index contributed by atoms with van der Waals surface area (Å²) in [4.78, 5) is 8.34. The molecule has 0 unspecified atom stereocenters. The number of aromatic nitrogens is 2. The smallest absolute Gasteiger partial charge is 0.328 e. The number of nitrogens with zero attached hydrogens (tertiary/aromatic N) is 4. The van der Waals surface area contributed by atoms with E-state index in [2.05, 4.69) is 20.2 Å². The van der Waals surface area contributed by atoms with Gasteiger partial charge in [0.1, 0.15) is 5.75 Å². The molecule has 27 heavy (non-hydrogen) atoms. The molecule has 0 bridgehead atoms. The van der Waals surface area contributed by atoms with Crippen LogP contribution in [-0.4, -0.2) is 24.2 Å². The van der Waals surface area contributed by atoms with Crippen molar-refractivity contribution in [3.05, 3.63) is 65.2 Å². The molecule has 1 heterocycles. The lowest BCUT2D eigenvalue weighted by molar-refractivity contribution is 0.347. The molecule has 0 saturated heterocycles. The summed E-state index contributed by atoms with van der Waals surface area (Å²) in [6.45, 7) is 0.333. The normalized spacial score (nSPS) is 10.8. The second-order valence-corrected chi connectivity index (χ2v) is 5.76. The van der Waals surface area contributed by atoms with Crippen LogP contribution in [0.5, 0.6) is 23.5 Å². The van der Waals surface area contributed by atoms with Gasteiger partial charge in [-0.3, -0.25) is 0 Å². The fourth-order valence-electron chi connectivity index (χ4n) is 2.17. The van der Waals surface area contributed by atoms with Gasteiger partial charge in [-0.1, -0.05) is 29.8 Å². The fourth-order valence-corrected chi connectivity index (χ4v) is 2.30. The van der Waals surface area contributed by atoms with Crippen molar-refractivity contribution in [3.8, 4) is 23.5 Å². The zero-order valence-corrected chi connectivity index (χ0v) is 15.6. The number of methoxy groups -OCH3 is 2. The summed E-state index contributed by atoms with van der Waals surface area (Å²) in [6, 6.07) is 16.3. The number of para-hydroxylation sites is 1. The molecule has 0 spiro atoms. The molecular weight excluding hydrogens is 368 g/mol. The number of ether oxygens (including phenoxy) is 3. The Balaban J connectivity index is 1.77. The molecule has 0 aliphatic carbocycles. The number of benzene rings is 2. The SMILES string of the molecule is COc1cc(OC)nc(Oc2ccccc2CN=Nc2ccc(Cl)cc2)n1. The molecule has 1 aromatic heterocycles. The standard InChI is InChI=1S/C19H17ClN4O3/c1-25-17-11-18(26-2)23-19(22-17)27-16-6-4-3-5-13(16)12-21-24-15-9-7-14(20)8-10-15/h3-11H,12H2,1-2H3. The van der Waals surface area contributed by atoms with Gasteiger partial charge in [0.15, 0.2) is 0 Å². The van der Waals surface area contributed by atoms with Crippen molar-refractivity contribution in [1.82, 2.24) is 9.97 Å². The highest BCUT2D eigenvalue weighted by molar-refractivity contribution is 6.30. The average Bonchev–Trinajstić information content (AvgIpc) is 2.70. The predicted molar refractivity (Wildman–Crippen MR) is 101 cm³/mol. The molecule has 8 heteroatoms. The van der Waals surface area contributed by atoms with E-state index in [0.29, 0.717) is 29.1 Å². The quantitative estimate of drug-likeness (QED) is 0.521. The van der Waals surface area contributed by atoms with Gasteiger partial charge in [-0.15, -0.1) is 0 Å². The summed E-state index contributed by atoms with van der Waals surface area (Å²) in [5, 5.41) is 9.06. The van der Waals surface area contributed by atoms with Crippen LogP contribution in [0.2, 0.25) is 5.02 Å². The van der Waals surface area contributed by atoms with Crippen molar-refractivity contribution in [2.75, 3.05) is 14.2 Å². The van der Waals surface area contributed by atoms with Crippen LogP contribution in [0.3, 0.4) is 0 Å². The number of halogens is 1. The molecule has 0 fully saturated rings. The van der Waals surface area contributed by atoms with Crippen LogP contribution in [-0.2, 0) is 6.54 Å². The lowest BCUT2D eigenvalue weighted by Gasteiger charge is -2.10. The number of hydrogen-bond donors (Lipinski definition) is 0. The summed E-state index contributed by atoms with van der Waals surface area (Å²) in [5.41, 5.74) is 1.55. The van der Waals surface area contributed by atoms with E-state index in [9.17, 15) is 0 Å². The van der Waals surface area contributed by atoms with Crippen molar-refractivity contribution < 1.29 is 14.2 Å². The number of azo groups is 1. The lowest BCUT2D eigenvalue weighted by Crippen LogP contribution is -1.99. The van der Waals surface area contributed by atoms with E-state index < -0.39 is 0 Å². The average molecular weight is 385 g/mol. The summed E-state index contributed by atoms with van der Waals surface area (Å²) in [7, 11) is 3.02. The van der Waals surface area contributed by atoms with Crippen molar-refractivity contribution in [1.29, 1.82) is 0 Å². The van der Waals surface area contributed by atoms with Gasteiger partial charge in [-0.25, -0.2) is 0 Å². The first-order valence-electron chi connectivity index (χ1n) is 8.04. The Labute approximate surface area is 161 Å². The van der Waals surface area contributed by atoms with Gasteiger partial charge >= 0.3 is 6.01 Å². The minimum absolute atomic E-state index is 0.119. The summed E-state index contributed by atoms with van der Waals surface area (Å²) < 4.78 is 16.1. The van der Waals surface area contributed by atoms with Gasteiger partial charge in [0, 0.05) is 10.6 Å². The monoisotopic (exact) mass is 384 g/mol. The van der Waals surface area contributed by atoms with Crippen LogP contribution < -0.4 is 14.2 Å². The van der Waals surface area contributed by atoms with Gasteiger partial charge in [0.25, 0.3) is 0 Å². The molecule has 3 rings (SSSR count). The number of rotatable bonds is 7. The third kappa shape index (κ3) is 5.15. The maximum absolute atomic E-state index is 5.86. The topological polar surface area (TPSA) is 78.2 Å². The Morgan fingerprint density at radius 1 is 0.926 bits per heavy atom. The first-order valence-corrected chi connectivity index (χ1v) is 8.41. The van der Waals surface area contributed by atoms with Gasteiger partial charge in [0.05, 0.1) is 32.5 Å². The van der Waals surface area contributed by atoms with E-state index in [1.54, 1.807) is 30.3 Å². The van der Waals surface area contributed by atoms with Crippen LogP contribution in [0.25, 0.3) is 0 Å². The molecular formula is C19H17ClN4O3. The van der Waals surface area contributed by atoms with Crippen LogP contribution >= 0.6 is 11.6 Å². The van der Waals surface area contributed by atoms with E-state index in [1.165, 1.54) is 14.2 Å². The Morgan fingerprint density at radius 2 is 1.59 bits per heavy atom. The molecule has 0 aliphatic heterocycles. The molecule has 3 aromatic rings. The number of hydrogen-bond acceptors (Lipinski definition) is 7. The highest BCUT2D eigenvalue weighted by atomic mass is 35.5. The van der Waals surface area contributed by atoms with Crippen molar-refractivity contribution in [2.45, 2.75) is 6.54 Å². The predicted octanol–water partition coefficient (Wildman–Crippen LogP) is 5.22. The molecule has 0 atom stereocenters. The molecule has 0 radical (unpaired) electrons. The minimum Gasteiger partial charge on any atom is -0.481 e. The summed E-state index contributed by atoms with van der Waals surface area (Å²) >= 11 is 5.86. The minimum atomic E-state index is 0.119. The van der Waals surface area contributed by atoms with E-state index in [-0.39, 0.29) is 6.01 Å². The zero-order chi connectivity index (χ0) is 19.1. The van der Waals surface area contributed by atoms with Crippen molar-refractivity contribution in [3.63, 3.8) is 0 Å². The van der Waals surface area contributed by atoms with Gasteiger partial charge in [-0.2, -0.15) is 20.2 Å². The van der Waals surface area contributed by atoms with Crippen LogP contribution in [0.1, 0.15) is 5.56 Å². The van der Waals surface area contributed by atoms with E-state index in [1.807, 2.05) is 24.3 Å². The van der Waals surface area contributed by atoms with E-state index >= 15 is 0 Å². The Bertz CT molecular complexity index is 910. The maximum atomic E-state index is 5.86. The highest BCUT2D eigenvalue weighted by Crippen LogP contribution is 2.27. The van der Waals surface area contributed by atoms with Crippen LogP contribution in [0.15, 0.2) is 64.8 Å². The Morgan fingerprint density at radius 3 is 2.26 bits per heavy atom. The lowest BCUT2D eigenvalue weighted by atomic mass is 10.2. The highest BCUT2D eigenvalue weighted by Gasteiger charge is 2.10. The van der Waals surface area contributed by atoms with Crippen LogP contribution in [0.4, 0.5) is 5.69 Å².